The quantitative estimate of drug-likeness (QED) is 0.564. The molecule has 0 saturated heterocycles. The molecule has 7 atom stereocenters. The van der Waals surface area contributed by atoms with Gasteiger partial charge >= 0.3 is 0 Å². The number of carbonyl (C=O) groups is 2. The summed E-state index contributed by atoms with van der Waals surface area (Å²) in [5.41, 5.74) is 2.10. The molecule has 0 aromatic heterocycles. The average molecular weight is 360 g/mol. The highest BCUT2D eigenvalue weighted by molar-refractivity contribution is 5.47. The van der Waals surface area contributed by atoms with Crippen LogP contribution in [0.2, 0.25) is 0 Å². The molecular weight excluding hydrogens is 326 g/mol. The van der Waals surface area contributed by atoms with Gasteiger partial charge in [0.2, 0.25) is 6.41 Å². The highest BCUT2D eigenvalue weighted by atomic mass is 16.5. The number of hydrogen-bond acceptors (Lipinski definition) is 3. The number of rotatable bonds is 4. The van der Waals surface area contributed by atoms with E-state index in [4.69, 9.17) is 4.74 Å². The Hall–Kier alpha value is -1.32. The molecule has 3 fully saturated rings. The molecule has 4 heteroatoms. The summed E-state index contributed by atoms with van der Waals surface area (Å²) in [4.78, 5) is 24.1. The molecule has 0 aromatic carbocycles. The first-order valence-electron chi connectivity index (χ1n) is 10.4. The van der Waals surface area contributed by atoms with Gasteiger partial charge in [0.25, 0.3) is 6.47 Å². The van der Waals surface area contributed by atoms with Gasteiger partial charge in [0.15, 0.2) is 0 Å². The summed E-state index contributed by atoms with van der Waals surface area (Å²) >= 11 is 0. The largest absolute Gasteiger partial charge is 0.464 e. The maximum Gasteiger partial charge on any atom is 0.293 e. The van der Waals surface area contributed by atoms with Crippen LogP contribution in [0.5, 0.6) is 0 Å². The van der Waals surface area contributed by atoms with Crippen molar-refractivity contribution in [1.82, 2.24) is 4.90 Å². The van der Waals surface area contributed by atoms with Crippen LogP contribution in [0, 0.1) is 28.6 Å². The van der Waals surface area contributed by atoms with Crippen molar-refractivity contribution >= 4 is 12.9 Å². The van der Waals surface area contributed by atoms with Gasteiger partial charge in [0.05, 0.1) is 0 Å². The van der Waals surface area contributed by atoms with E-state index in [1.165, 1.54) is 25.7 Å². The van der Waals surface area contributed by atoms with Crippen molar-refractivity contribution in [2.45, 2.75) is 77.4 Å². The van der Waals surface area contributed by atoms with Crippen molar-refractivity contribution in [3.05, 3.63) is 11.6 Å². The third kappa shape index (κ3) is 2.47. The Morgan fingerprint density at radius 3 is 2.65 bits per heavy atom. The smallest absolute Gasteiger partial charge is 0.293 e. The molecule has 0 aromatic rings. The number of fused-ring (bicyclic) bond motifs is 5. The molecule has 0 N–H and O–H groups in total. The Balaban J connectivity index is 1.59. The van der Waals surface area contributed by atoms with Gasteiger partial charge in [-0.05, 0) is 73.5 Å². The molecule has 4 aliphatic rings. The average Bonchev–Trinajstić information content (AvgIpc) is 2.99. The summed E-state index contributed by atoms with van der Waals surface area (Å²) in [6, 6.07) is 0.404. The van der Waals surface area contributed by atoms with Crippen LogP contribution in [0.25, 0.3) is 0 Å². The normalized spacial score (nSPS) is 47.0. The minimum absolute atomic E-state index is 0.0781. The minimum Gasteiger partial charge on any atom is -0.464 e. The Morgan fingerprint density at radius 1 is 1.12 bits per heavy atom. The third-order valence-electron chi connectivity index (χ3n) is 8.91. The zero-order valence-corrected chi connectivity index (χ0v) is 16.4. The maximum atomic E-state index is 11.4. The lowest BCUT2D eigenvalue weighted by Gasteiger charge is -2.58. The van der Waals surface area contributed by atoms with E-state index in [9.17, 15) is 9.59 Å². The van der Waals surface area contributed by atoms with Crippen molar-refractivity contribution in [2.24, 2.45) is 28.6 Å². The first-order chi connectivity index (χ1) is 12.4. The van der Waals surface area contributed by atoms with E-state index in [0.717, 1.165) is 49.8 Å². The predicted octanol–water partition coefficient (Wildman–Crippen LogP) is 3.95. The molecule has 26 heavy (non-hydrogen) atoms. The topological polar surface area (TPSA) is 46.6 Å². The minimum atomic E-state index is 0.0781. The van der Waals surface area contributed by atoms with Crippen LogP contribution in [-0.4, -0.2) is 37.0 Å². The number of amides is 1. The van der Waals surface area contributed by atoms with Crippen LogP contribution in [-0.2, 0) is 14.3 Å². The lowest BCUT2D eigenvalue weighted by Crippen LogP contribution is -2.53. The molecule has 1 amide bonds. The van der Waals surface area contributed by atoms with E-state index in [2.05, 4.69) is 19.9 Å². The Bertz CT molecular complexity index is 617. The number of allylic oxidation sites excluding steroid dienone is 1. The standard InChI is InChI=1S/C22H33NO3/c1-21-10-8-16(26-14-25)12-15(21)4-5-17-18-6-7-20(23(3)13-24)22(18,2)11-9-19(17)21/h4,13-14,16-20H,5-12H2,1-3H3/t16-,17+,18+,19+,20-,21+,22+/m1/s1. The molecule has 0 aliphatic heterocycles. The predicted molar refractivity (Wildman–Crippen MR) is 100 cm³/mol. The summed E-state index contributed by atoms with van der Waals surface area (Å²) in [5.74, 6) is 2.22. The Morgan fingerprint density at radius 2 is 1.92 bits per heavy atom. The van der Waals surface area contributed by atoms with Crippen LogP contribution in [0.1, 0.15) is 65.2 Å². The highest BCUT2D eigenvalue weighted by Gasteiger charge is 2.59. The zero-order valence-electron chi connectivity index (χ0n) is 16.4. The van der Waals surface area contributed by atoms with Gasteiger partial charge in [0.1, 0.15) is 6.10 Å². The third-order valence-corrected chi connectivity index (χ3v) is 8.91. The molecule has 0 spiro atoms. The summed E-state index contributed by atoms with van der Waals surface area (Å²) in [5, 5.41) is 0. The summed E-state index contributed by atoms with van der Waals surface area (Å²) in [7, 11) is 1.96. The molecule has 0 bridgehead atoms. The summed E-state index contributed by atoms with van der Waals surface area (Å²) in [6.45, 7) is 5.54. The molecule has 4 rings (SSSR count). The van der Waals surface area contributed by atoms with Gasteiger partial charge in [-0.2, -0.15) is 0 Å². The van der Waals surface area contributed by atoms with Crippen LogP contribution in [0.4, 0.5) is 0 Å². The SMILES string of the molecule is CN(C=O)[C@@H]1CC[C@H]2[C@@H]3CC=C4C[C@H](OC=O)CC[C@]4(C)[C@H]3CC[C@@]21C. The van der Waals surface area contributed by atoms with Gasteiger partial charge in [-0.1, -0.05) is 25.5 Å². The molecule has 4 aliphatic carbocycles. The molecule has 0 heterocycles. The second-order valence-electron chi connectivity index (χ2n) is 9.77. The second-order valence-corrected chi connectivity index (χ2v) is 9.77. The van der Waals surface area contributed by atoms with Gasteiger partial charge in [-0.15, -0.1) is 0 Å². The molecule has 4 nitrogen and oxygen atoms in total. The molecular formula is C22H33NO3. The van der Waals surface area contributed by atoms with Crippen molar-refractivity contribution < 1.29 is 14.3 Å². The number of nitrogens with zero attached hydrogens (tertiary/aromatic N) is 1. The number of carbonyl (C=O) groups excluding carboxylic acids is 2. The molecule has 0 unspecified atom stereocenters. The summed E-state index contributed by atoms with van der Waals surface area (Å²) < 4.78 is 5.29. The molecule has 3 saturated carbocycles. The number of ether oxygens (including phenoxy) is 1. The Kier molecular flexibility index (Phi) is 4.44. The highest BCUT2D eigenvalue weighted by Crippen LogP contribution is 2.65. The van der Waals surface area contributed by atoms with Crippen LogP contribution in [0.3, 0.4) is 0 Å². The number of hydrogen-bond donors (Lipinski definition) is 0. The fraction of sp³-hybridized carbons (Fsp3) is 0.818. The first kappa shape index (κ1) is 18.1. The van der Waals surface area contributed by atoms with Crippen LogP contribution in [0.15, 0.2) is 11.6 Å². The van der Waals surface area contributed by atoms with Gasteiger partial charge in [-0.3, -0.25) is 9.59 Å². The van der Waals surface area contributed by atoms with E-state index >= 15 is 0 Å². The van der Waals surface area contributed by atoms with Crippen molar-refractivity contribution in [3.8, 4) is 0 Å². The fourth-order valence-corrected chi connectivity index (χ4v) is 7.54. The van der Waals surface area contributed by atoms with Gasteiger partial charge < -0.3 is 9.64 Å². The van der Waals surface area contributed by atoms with Gasteiger partial charge in [-0.25, -0.2) is 0 Å². The Labute approximate surface area is 157 Å². The molecule has 0 radical (unpaired) electrons. The lowest BCUT2D eigenvalue weighted by molar-refractivity contribution is -0.136. The monoisotopic (exact) mass is 359 g/mol. The molecule has 144 valence electrons. The van der Waals surface area contributed by atoms with Crippen molar-refractivity contribution in [3.63, 3.8) is 0 Å². The van der Waals surface area contributed by atoms with Crippen molar-refractivity contribution in [2.75, 3.05) is 7.05 Å². The van der Waals surface area contributed by atoms with Crippen LogP contribution < -0.4 is 0 Å². The maximum absolute atomic E-state index is 11.4. The van der Waals surface area contributed by atoms with Gasteiger partial charge in [0, 0.05) is 19.5 Å². The summed E-state index contributed by atoms with van der Waals surface area (Å²) in [6.07, 6.45) is 12.7. The van der Waals surface area contributed by atoms with Crippen LogP contribution >= 0.6 is 0 Å². The van der Waals surface area contributed by atoms with E-state index in [0.29, 0.717) is 12.5 Å². The first-order valence-corrected chi connectivity index (χ1v) is 10.4. The van der Waals surface area contributed by atoms with E-state index < -0.39 is 0 Å². The lowest BCUT2D eigenvalue weighted by atomic mass is 9.48. The van der Waals surface area contributed by atoms with Crippen molar-refractivity contribution in [1.29, 1.82) is 0 Å². The zero-order chi connectivity index (χ0) is 18.5. The van der Waals surface area contributed by atoms with E-state index in [1.54, 1.807) is 5.57 Å². The second kappa shape index (κ2) is 6.38. The van der Waals surface area contributed by atoms with E-state index in [1.807, 2.05) is 11.9 Å². The van der Waals surface area contributed by atoms with E-state index in [-0.39, 0.29) is 16.9 Å². The fourth-order valence-electron chi connectivity index (χ4n) is 7.54.